The summed E-state index contributed by atoms with van der Waals surface area (Å²) < 4.78 is 0. The zero-order chi connectivity index (χ0) is 28.8. The summed E-state index contributed by atoms with van der Waals surface area (Å²) in [7, 11) is 2.04. The highest BCUT2D eigenvalue weighted by atomic mass is 14.8. The molecule has 5 aromatic carbocycles. The molecule has 2 spiro atoms. The first-order chi connectivity index (χ1) is 21.1. The van der Waals surface area contributed by atoms with Crippen LogP contribution >= 0.6 is 0 Å². The van der Waals surface area contributed by atoms with Gasteiger partial charge in [0, 0.05) is 12.0 Å². The Morgan fingerprint density at radius 1 is 0.465 bits per heavy atom. The van der Waals surface area contributed by atoms with Crippen molar-refractivity contribution in [2.75, 3.05) is 13.6 Å². The van der Waals surface area contributed by atoms with Crippen LogP contribution in [0.5, 0.6) is 0 Å². The minimum absolute atomic E-state index is 0.0759. The van der Waals surface area contributed by atoms with Gasteiger partial charge in [-0.15, -0.1) is 0 Å². The average molecular weight is 552 g/mol. The maximum absolute atomic E-state index is 3.42. The van der Waals surface area contributed by atoms with Gasteiger partial charge in [0.05, 0.1) is 10.8 Å². The average Bonchev–Trinajstić information content (AvgIpc) is 3.43. The lowest BCUT2D eigenvalue weighted by Gasteiger charge is -2.49. The van der Waals surface area contributed by atoms with Gasteiger partial charge in [0.1, 0.15) is 0 Å². The second kappa shape index (κ2) is 8.66. The number of benzene rings is 5. The minimum atomic E-state index is -0.428. The molecule has 4 aliphatic carbocycles. The van der Waals surface area contributed by atoms with E-state index in [4.69, 9.17) is 0 Å². The molecule has 0 saturated carbocycles. The fraction of sp³-hybridized carbons (Fsp3) is 0.143. The van der Waals surface area contributed by atoms with Crippen molar-refractivity contribution >= 4 is 5.57 Å². The Bertz CT molecular complexity index is 1980. The van der Waals surface area contributed by atoms with E-state index in [0.717, 1.165) is 6.54 Å². The summed E-state index contributed by atoms with van der Waals surface area (Å²) in [6.07, 6.45) is 9.67. The number of nitrogens with one attached hydrogen (secondary N) is 1. The van der Waals surface area contributed by atoms with E-state index >= 15 is 0 Å². The first-order valence-electron chi connectivity index (χ1n) is 15.4. The summed E-state index contributed by atoms with van der Waals surface area (Å²) >= 11 is 0. The van der Waals surface area contributed by atoms with Gasteiger partial charge in [-0.1, -0.05) is 153 Å². The van der Waals surface area contributed by atoms with Crippen molar-refractivity contribution in [2.45, 2.75) is 17.8 Å². The predicted molar refractivity (Wildman–Crippen MR) is 177 cm³/mol. The lowest BCUT2D eigenvalue weighted by Crippen LogP contribution is -2.44. The zero-order valence-electron chi connectivity index (χ0n) is 24.6. The molecule has 0 aliphatic heterocycles. The van der Waals surface area contributed by atoms with Crippen LogP contribution in [0.2, 0.25) is 0 Å². The Hall–Kier alpha value is -4.72. The van der Waals surface area contributed by atoms with E-state index in [9.17, 15) is 0 Å². The second-order valence-corrected chi connectivity index (χ2v) is 12.8. The van der Waals surface area contributed by atoms with E-state index in [1.54, 1.807) is 0 Å². The molecule has 0 bridgehead atoms. The molecule has 206 valence electrons. The van der Waals surface area contributed by atoms with Gasteiger partial charge in [0.2, 0.25) is 0 Å². The molecular formula is C42H33N. The Kier molecular flexibility index (Phi) is 5.00. The van der Waals surface area contributed by atoms with Crippen molar-refractivity contribution in [2.24, 2.45) is 5.41 Å². The molecular weight excluding hydrogens is 518 g/mol. The first kappa shape index (κ1) is 24.8. The van der Waals surface area contributed by atoms with E-state index in [1.807, 2.05) is 7.05 Å². The van der Waals surface area contributed by atoms with Crippen molar-refractivity contribution in [3.05, 3.63) is 196 Å². The summed E-state index contributed by atoms with van der Waals surface area (Å²) in [5.41, 5.74) is 15.5. The van der Waals surface area contributed by atoms with Crippen LogP contribution in [0, 0.1) is 5.41 Å². The summed E-state index contributed by atoms with van der Waals surface area (Å²) in [4.78, 5) is 0. The van der Waals surface area contributed by atoms with Crippen LogP contribution in [-0.4, -0.2) is 13.6 Å². The third kappa shape index (κ3) is 2.91. The molecule has 0 amide bonds. The lowest BCUT2D eigenvalue weighted by molar-refractivity contribution is 0.514. The quantitative estimate of drug-likeness (QED) is 0.227. The van der Waals surface area contributed by atoms with E-state index in [0.29, 0.717) is 0 Å². The van der Waals surface area contributed by atoms with Gasteiger partial charge in [-0.25, -0.2) is 0 Å². The number of hydrogen-bond donors (Lipinski definition) is 1. The van der Waals surface area contributed by atoms with Gasteiger partial charge < -0.3 is 5.32 Å². The van der Waals surface area contributed by atoms with Crippen molar-refractivity contribution in [3.8, 4) is 11.1 Å². The summed E-state index contributed by atoms with van der Waals surface area (Å²) in [5, 5.41) is 3.42. The Balaban J connectivity index is 1.46. The van der Waals surface area contributed by atoms with Gasteiger partial charge in [0.25, 0.3) is 0 Å². The molecule has 4 aliphatic rings. The standard InChI is InChI=1S/C42H33N/c1-40(27-43-2)25-23-31-30-15-5-8-18-34(30)42(35(31)24-26-40)38-21-11-9-19-36(38)41(37-20-10-12-22-39(37)42)32-16-6-3-13-28(32)29-14-4-7-17-33(29)41/h3-26,43H,27H2,1-2H3. The highest BCUT2D eigenvalue weighted by Crippen LogP contribution is 2.67. The van der Waals surface area contributed by atoms with E-state index in [-0.39, 0.29) is 5.41 Å². The SMILES string of the molecule is CNCC1(C)C=CC2=C(C=C1)C1(c3ccccc32)c2ccccc2C2(c3ccccc3-c3ccccc32)c2ccccc21. The van der Waals surface area contributed by atoms with Gasteiger partial charge in [0.15, 0.2) is 0 Å². The molecule has 1 nitrogen and oxygen atoms in total. The number of hydrogen-bond acceptors (Lipinski definition) is 1. The maximum atomic E-state index is 3.42. The smallest absolute Gasteiger partial charge is 0.0720 e. The van der Waals surface area contributed by atoms with Crippen LogP contribution in [0.1, 0.15) is 51.4 Å². The number of rotatable bonds is 2. The molecule has 1 heteroatoms. The van der Waals surface area contributed by atoms with Crippen LogP contribution in [0.25, 0.3) is 16.7 Å². The predicted octanol–water partition coefficient (Wildman–Crippen LogP) is 8.82. The monoisotopic (exact) mass is 551 g/mol. The van der Waals surface area contributed by atoms with Gasteiger partial charge >= 0.3 is 0 Å². The van der Waals surface area contributed by atoms with Crippen LogP contribution in [0.4, 0.5) is 0 Å². The summed E-state index contributed by atoms with van der Waals surface area (Å²) in [5.74, 6) is 0. The molecule has 0 fully saturated rings. The van der Waals surface area contributed by atoms with Crippen molar-refractivity contribution in [3.63, 3.8) is 0 Å². The molecule has 1 N–H and O–H groups in total. The number of fused-ring (bicyclic) bond motifs is 15. The maximum Gasteiger partial charge on any atom is 0.0720 e. The molecule has 1 unspecified atom stereocenters. The molecule has 43 heavy (non-hydrogen) atoms. The largest absolute Gasteiger partial charge is 0.319 e. The van der Waals surface area contributed by atoms with Crippen LogP contribution in [0.3, 0.4) is 0 Å². The topological polar surface area (TPSA) is 12.0 Å². The fourth-order valence-corrected chi connectivity index (χ4v) is 8.99. The van der Waals surface area contributed by atoms with Crippen molar-refractivity contribution < 1.29 is 0 Å². The Morgan fingerprint density at radius 3 is 1.37 bits per heavy atom. The lowest BCUT2D eigenvalue weighted by atomic mass is 9.52. The summed E-state index contributed by atoms with van der Waals surface area (Å²) in [6, 6.07) is 45.9. The third-order valence-electron chi connectivity index (χ3n) is 10.6. The second-order valence-electron chi connectivity index (χ2n) is 12.8. The normalized spacial score (nSPS) is 20.7. The molecule has 0 saturated heterocycles. The molecule has 0 heterocycles. The minimum Gasteiger partial charge on any atom is -0.319 e. The van der Waals surface area contributed by atoms with Crippen molar-refractivity contribution in [1.29, 1.82) is 0 Å². The molecule has 0 aromatic heterocycles. The van der Waals surface area contributed by atoms with E-state index in [1.165, 1.54) is 66.8 Å². The molecule has 1 atom stereocenters. The molecule has 0 radical (unpaired) electrons. The third-order valence-corrected chi connectivity index (χ3v) is 10.6. The zero-order valence-corrected chi connectivity index (χ0v) is 24.6. The van der Waals surface area contributed by atoms with Crippen molar-refractivity contribution in [1.82, 2.24) is 5.32 Å². The Labute approximate surface area is 253 Å². The highest BCUT2D eigenvalue weighted by Gasteiger charge is 2.59. The highest BCUT2D eigenvalue weighted by molar-refractivity contribution is 5.96. The van der Waals surface area contributed by atoms with Gasteiger partial charge in [-0.3, -0.25) is 0 Å². The molecule has 9 rings (SSSR count). The van der Waals surface area contributed by atoms with E-state index in [2.05, 4.69) is 158 Å². The van der Waals surface area contributed by atoms with Gasteiger partial charge in [-0.05, 0) is 73.8 Å². The van der Waals surface area contributed by atoms with Crippen LogP contribution < -0.4 is 5.32 Å². The number of allylic oxidation sites excluding steroid dienone is 4. The molecule has 5 aromatic rings. The van der Waals surface area contributed by atoms with E-state index < -0.39 is 10.8 Å². The fourth-order valence-electron chi connectivity index (χ4n) is 8.99. The summed E-state index contributed by atoms with van der Waals surface area (Å²) in [6.45, 7) is 3.21. The van der Waals surface area contributed by atoms with Gasteiger partial charge in [-0.2, -0.15) is 0 Å². The first-order valence-corrected chi connectivity index (χ1v) is 15.4. The van der Waals surface area contributed by atoms with Crippen LogP contribution in [0.15, 0.2) is 151 Å². The van der Waals surface area contributed by atoms with Crippen LogP contribution in [-0.2, 0) is 10.8 Å². The Morgan fingerprint density at radius 2 is 0.860 bits per heavy atom.